The van der Waals surface area contributed by atoms with Crippen LogP contribution in [0.5, 0.6) is 0 Å². The predicted octanol–water partition coefficient (Wildman–Crippen LogP) is 3.55. The molecule has 1 N–H and O–H groups in total. The average molecular weight is 608 g/mol. The van der Waals surface area contributed by atoms with Crippen molar-refractivity contribution in [3.8, 4) is 0 Å². The molecule has 0 aromatic carbocycles. The van der Waals surface area contributed by atoms with Gasteiger partial charge in [-0.25, -0.2) is 0 Å². The molecule has 5 atom stereocenters. The van der Waals surface area contributed by atoms with E-state index in [4.69, 9.17) is 4.74 Å². The summed E-state index contributed by atoms with van der Waals surface area (Å²) in [5.41, 5.74) is 0. The molecule has 0 radical (unpaired) electrons. The minimum atomic E-state index is -1.02. The molecule has 0 saturated carbocycles. The van der Waals surface area contributed by atoms with Gasteiger partial charge in [0, 0.05) is 58.7 Å². The van der Waals surface area contributed by atoms with Gasteiger partial charge in [0.05, 0.1) is 24.6 Å². The highest BCUT2D eigenvalue weighted by molar-refractivity contribution is 6.12. The van der Waals surface area contributed by atoms with Crippen molar-refractivity contribution in [2.24, 2.45) is 23.7 Å². The standard InChI is InChI=1S/C32H53N3O8/c1-10-22(6)31(25(43-9)19-29(40)41)34(8)32(42)23(20(2)3)18-24(36)30(21(4)5)33(7)26(37)14-12-11-13-17-35-27(38)15-16-28(35)39/h15-16,20-23,25,30-31H,10-14,17-19H2,1-9H3,(H,40,41)/t22-,23?,25+,30-,31-/m0/s1. The molecule has 1 aliphatic heterocycles. The van der Waals surface area contributed by atoms with Gasteiger partial charge in [-0.1, -0.05) is 54.4 Å². The van der Waals surface area contributed by atoms with Gasteiger partial charge < -0.3 is 19.6 Å². The van der Waals surface area contributed by atoms with Gasteiger partial charge in [0.25, 0.3) is 11.8 Å². The van der Waals surface area contributed by atoms with Crippen LogP contribution in [0, 0.1) is 23.7 Å². The minimum Gasteiger partial charge on any atom is -0.481 e. The number of ether oxygens (including phenoxy) is 1. The number of methoxy groups -OCH3 is 1. The lowest BCUT2D eigenvalue weighted by Crippen LogP contribution is -2.53. The van der Waals surface area contributed by atoms with E-state index in [1.54, 1.807) is 19.0 Å². The highest BCUT2D eigenvalue weighted by atomic mass is 16.5. The van der Waals surface area contributed by atoms with Gasteiger partial charge in [0.15, 0.2) is 5.78 Å². The van der Waals surface area contributed by atoms with E-state index in [1.165, 1.54) is 29.1 Å². The Morgan fingerprint density at radius 3 is 1.93 bits per heavy atom. The molecule has 0 spiro atoms. The molecule has 4 amide bonds. The second-order valence-electron chi connectivity index (χ2n) is 12.4. The molecule has 244 valence electrons. The summed E-state index contributed by atoms with van der Waals surface area (Å²) in [4.78, 5) is 79.7. The number of ketones is 1. The van der Waals surface area contributed by atoms with E-state index in [0.717, 1.165) is 0 Å². The normalized spacial score (nSPS) is 16.8. The van der Waals surface area contributed by atoms with Gasteiger partial charge >= 0.3 is 5.97 Å². The summed E-state index contributed by atoms with van der Waals surface area (Å²) < 4.78 is 5.53. The molecule has 1 rings (SSSR count). The third-order valence-corrected chi connectivity index (χ3v) is 8.57. The van der Waals surface area contributed by atoms with E-state index in [2.05, 4.69) is 0 Å². The maximum atomic E-state index is 13.9. The molecular formula is C32H53N3O8. The second-order valence-corrected chi connectivity index (χ2v) is 12.4. The van der Waals surface area contributed by atoms with Crippen LogP contribution in [0.2, 0.25) is 0 Å². The van der Waals surface area contributed by atoms with E-state index in [-0.39, 0.29) is 66.4 Å². The number of unbranched alkanes of at least 4 members (excludes halogenated alkanes) is 2. The molecule has 0 aromatic heterocycles. The first-order valence-corrected chi connectivity index (χ1v) is 15.4. The molecule has 11 nitrogen and oxygen atoms in total. The highest BCUT2D eigenvalue weighted by Crippen LogP contribution is 2.28. The SMILES string of the molecule is CC[C@H](C)[C@@H]([C@@H](CC(=O)O)OC)N(C)C(=O)C(CC(=O)[C@H](C(C)C)N(C)C(=O)CCCCCN1C(=O)C=CC1=O)C(C)C. The number of carbonyl (C=O) groups is 6. The van der Waals surface area contributed by atoms with Gasteiger partial charge in [-0.2, -0.15) is 0 Å². The smallest absolute Gasteiger partial charge is 0.306 e. The molecule has 43 heavy (non-hydrogen) atoms. The van der Waals surface area contributed by atoms with Crippen LogP contribution in [0.4, 0.5) is 0 Å². The Hall–Kier alpha value is -3.08. The number of likely N-dealkylation sites (N-methyl/N-ethyl adjacent to an activating group) is 2. The predicted molar refractivity (Wildman–Crippen MR) is 163 cm³/mol. The van der Waals surface area contributed by atoms with Gasteiger partial charge in [-0.05, 0) is 30.6 Å². The fourth-order valence-electron chi connectivity index (χ4n) is 5.85. The van der Waals surface area contributed by atoms with Crippen molar-refractivity contribution in [3.05, 3.63) is 12.2 Å². The first-order valence-electron chi connectivity index (χ1n) is 15.4. The maximum absolute atomic E-state index is 13.9. The molecule has 11 heteroatoms. The Kier molecular flexibility index (Phi) is 15.8. The molecule has 0 aliphatic carbocycles. The minimum absolute atomic E-state index is 0.0399. The molecular weight excluding hydrogens is 554 g/mol. The van der Waals surface area contributed by atoms with Crippen molar-refractivity contribution >= 4 is 35.4 Å². The quantitative estimate of drug-likeness (QED) is 0.164. The highest BCUT2D eigenvalue weighted by Gasteiger charge is 2.39. The van der Waals surface area contributed by atoms with Crippen molar-refractivity contribution < 1.29 is 38.6 Å². The van der Waals surface area contributed by atoms with Crippen LogP contribution in [0.1, 0.15) is 86.5 Å². The van der Waals surface area contributed by atoms with Crippen LogP contribution in [0.25, 0.3) is 0 Å². The Morgan fingerprint density at radius 1 is 0.884 bits per heavy atom. The lowest BCUT2D eigenvalue weighted by Gasteiger charge is -2.40. The summed E-state index contributed by atoms with van der Waals surface area (Å²) >= 11 is 0. The lowest BCUT2D eigenvalue weighted by atomic mass is 9.83. The van der Waals surface area contributed by atoms with Crippen molar-refractivity contribution in [2.45, 2.75) is 105 Å². The number of carbonyl (C=O) groups excluding carboxylic acids is 5. The molecule has 1 aliphatic rings. The van der Waals surface area contributed by atoms with Crippen molar-refractivity contribution in [1.29, 1.82) is 0 Å². The Bertz CT molecular complexity index is 1010. The Labute approximate surface area is 257 Å². The van der Waals surface area contributed by atoms with Crippen LogP contribution < -0.4 is 0 Å². The van der Waals surface area contributed by atoms with Crippen LogP contribution in [0.15, 0.2) is 12.2 Å². The second kappa shape index (κ2) is 17.9. The van der Waals surface area contributed by atoms with Crippen LogP contribution in [-0.2, 0) is 33.5 Å². The zero-order chi connectivity index (χ0) is 33.0. The third kappa shape index (κ3) is 10.9. The number of imide groups is 1. The number of Topliss-reactive ketones (excluding diaryl/α,β-unsaturated/α-hetero) is 1. The summed E-state index contributed by atoms with van der Waals surface area (Å²) in [6.45, 7) is 11.7. The first kappa shape index (κ1) is 37.9. The summed E-state index contributed by atoms with van der Waals surface area (Å²) in [5.74, 6) is -3.32. The van der Waals surface area contributed by atoms with Crippen molar-refractivity contribution in [2.75, 3.05) is 27.7 Å². The fourth-order valence-corrected chi connectivity index (χ4v) is 5.85. The van der Waals surface area contributed by atoms with Gasteiger partial charge in [0.1, 0.15) is 0 Å². The molecule has 0 saturated heterocycles. The first-order chi connectivity index (χ1) is 20.1. The molecule has 1 unspecified atom stereocenters. The number of amides is 4. The number of carboxylic acid groups (broad SMARTS) is 1. The molecule has 1 heterocycles. The number of carboxylic acids is 1. The van der Waals surface area contributed by atoms with Crippen molar-refractivity contribution in [1.82, 2.24) is 14.7 Å². The van der Waals surface area contributed by atoms with Crippen molar-refractivity contribution in [3.63, 3.8) is 0 Å². The van der Waals surface area contributed by atoms with Crippen LogP contribution in [-0.4, -0.2) is 101 Å². The monoisotopic (exact) mass is 607 g/mol. The summed E-state index contributed by atoms with van der Waals surface area (Å²) in [6, 6.07) is -1.19. The number of nitrogens with zero attached hydrogens (tertiary/aromatic N) is 3. The van der Waals surface area contributed by atoms with Gasteiger partial charge in [-0.15, -0.1) is 0 Å². The van der Waals surface area contributed by atoms with E-state index in [9.17, 15) is 33.9 Å². The fraction of sp³-hybridized carbons (Fsp3) is 0.750. The van der Waals surface area contributed by atoms with E-state index in [0.29, 0.717) is 32.2 Å². The summed E-state index contributed by atoms with van der Waals surface area (Å²) in [6.07, 6.45) is 4.22. The van der Waals surface area contributed by atoms with E-state index < -0.39 is 30.1 Å². The zero-order valence-corrected chi connectivity index (χ0v) is 27.5. The molecule has 0 bridgehead atoms. The maximum Gasteiger partial charge on any atom is 0.306 e. The van der Waals surface area contributed by atoms with Crippen LogP contribution >= 0.6 is 0 Å². The number of hydrogen-bond acceptors (Lipinski definition) is 7. The number of aliphatic carboxylic acids is 1. The van der Waals surface area contributed by atoms with E-state index in [1.807, 2.05) is 41.5 Å². The molecule has 0 aromatic rings. The topological polar surface area (TPSA) is 142 Å². The number of rotatable bonds is 20. The lowest BCUT2D eigenvalue weighted by molar-refractivity contribution is -0.150. The largest absolute Gasteiger partial charge is 0.481 e. The Morgan fingerprint density at radius 2 is 1.47 bits per heavy atom. The van der Waals surface area contributed by atoms with Crippen LogP contribution in [0.3, 0.4) is 0 Å². The zero-order valence-electron chi connectivity index (χ0n) is 27.5. The third-order valence-electron chi connectivity index (χ3n) is 8.57. The summed E-state index contributed by atoms with van der Waals surface area (Å²) in [5, 5.41) is 9.42. The molecule has 0 fully saturated rings. The van der Waals surface area contributed by atoms with Gasteiger partial charge in [-0.3, -0.25) is 33.7 Å². The van der Waals surface area contributed by atoms with E-state index >= 15 is 0 Å². The average Bonchev–Trinajstić information content (AvgIpc) is 3.26. The van der Waals surface area contributed by atoms with Gasteiger partial charge in [0.2, 0.25) is 11.8 Å². The number of hydrogen-bond donors (Lipinski definition) is 1. The summed E-state index contributed by atoms with van der Waals surface area (Å²) in [7, 11) is 4.71. The Balaban J connectivity index is 2.93.